The fourth-order valence-corrected chi connectivity index (χ4v) is 3.63. The Balaban J connectivity index is 2.50. The molecule has 0 saturated carbocycles. The number of aliphatic imine (C=N–C) groups is 1. The fraction of sp³-hybridized carbons (Fsp3) is 0.632. The molecule has 0 aromatic heterocycles. The summed E-state index contributed by atoms with van der Waals surface area (Å²) < 4.78 is 12.2. The zero-order valence-corrected chi connectivity index (χ0v) is 16.5. The molecule has 0 radical (unpaired) electrons. The molecule has 1 aromatic carbocycles. The van der Waals surface area contributed by atoms with Gasteiger partial charge in [-0.3, -0.25) is 9.20 Å². The first-order valence-electron chi connectivity index (χ1n) is 9.13. The van der Waals surface area contributed by atoms with E-state index in [2.05, 4.69) is 29.5 Å². The molecule has 0 aliphatic heterocycles. The minimum absolute atomic E-state index is 0.201. The second-order valence-corrected chi connectivity index (χ2v) is 8.09. The number of benzene rings is 1. The van der Waals surface area contributed by atoms with Crippen molar-refractivity contribution in [1.29, 1.82) is 0 Å². The van der Waals surface area contributed by atoms with E-state index in [0.717, 1.165) is 30.2 Å². The predicted molar refractivity (Wildman–Crippen MR) is 106 cm³/mol. The Hall–Kier alpha value is -1.40. The van der Waals surface area contributed by atoms with Crippen molar-refractivity contribution in [3.8, 4) is 0 Å². The molecule has 0 amide bonds. The predicted octanol–water partition coefficient (Wildman–Crippen LogP) is 2.39. The highest BCUT2D eigenvalue weighted by Crippen LogP contribution is 2.15. The lowest BCUT2D eigenvalue weighted by atomic mass is 9.94. The van der Waals surface area contributed by atoms with Gasteiger partial charge >= 0.3 is 0 Å². The minimum atomic E-state index is -1.01. The van der Waals surface area contributed by atoms with Gasteiger partial charge in [0.1, 0.15) is 0 Å². The first-order chi connectivity index (χ1) is 12.1. The highest BCUT2D eigenvalue weighted by molar-refractivity contribution is 7.85. The summed E-state index contributed by atoms with van der Waals surface area (Å²) in [6, 6.07) is 9.51. The molecule has 2 atom stereocenters. The molecule has 0 spiro atoms. The molecule has 1 aromatic rings. The number of hydrogen-bond donors (Lipinski definition) is 3. The number of rotatable bonds is 11. The molecule has 0 fully saturated rings. The molecule has 0 heterocycles. The Labute approximate surface area is 154 Å². The van der Waals surface area contributed by atoms with Crippen molar-refractivity contribution >= 4 is 16.8 Å². The molecule has 3 N–H and O–H groups in total. The van der Waals surface area contributed by atoms with Gasteiger partial charge in [0.15, 0.2) is 5.96 Å². The van der Waals surface area contributed by atoms with Gasteiger partial charge < -0.3 is 15.7 Å². The van der Waals surface area contributed by atoms with Gasteiger partial charge in [-0.1, -0.05) is 32.0 Å². The third-order valence-electron chi connectivity index (χ3n) is 3.78. The first kappa shape index (κ1) is 21.6. The Morgan fingerprint density at radius 3 is 2.56 bits per heavy atom. The molecular weight excluding hydrogens is 334 g/mol. The molecule has 6 heteroatoms. The summed E-state index contributed by atoms with van der Waals surface area (Å²) in [7, 11) is -1.01. The van der Waals surface area contributed by atoms with Crippen LogP contribution in [-0.2, 0) is 10.8 Å². The summed E-state index contributed by atoms with van der Waals surface area (Å²) in [5, 5.41) is 15.7. The van der Waals surface area contributed by atoms with Crippen molar-refractivity contribution in [2.45, 2.75) is 38.5 Å². The second kappa shape index (κ2) is 12.9. The highest BCUT2D eigenvalue weighted by Gasteiger charge is 2.11. The van der Waals surface area contributed by atoms with Gasteiger partial charge in [0.25, 0.3) is 0 Å². The maximum atomic E-state index is 12.2. The minimum Gasteiger partial charge on any atom is -0.396 e. The van der Waals surface area contributed by atoms with Crippen molar-refractivity contribution in [2.75, 3.05) is 32.0 Å². The molecule has 5 nitrogen and oxygen atoms in total. The van der Waals surface area contributed by atoms with Gasteiger partial charge in [-0.05, 0) is 43.7 Å². The van der Waals surface area contributed by atoms with Crippen molar-refractivity contribution in [3.05, 3.63) is 30.3 Å². The van der Waals surface area contributed by atoms with Gasteiger partial charge in [0.2, 0.25) is 0 Å². The summed E-state index contributed by atoms with van der Waals surface area (Å²) in [5.41, 5.74) is 0. The standard InChI is InChI=1S/C19H33N3O2S/c1-4-20-19(22-15-17(10-12-23)14-16(2)3)21-11-13-25(24)18-8-6-5-7-9-18/h5-9,16-17,23H,4,10-15H2,1-3H3,(H2,20,21,22). The van der Waals surface area contributed by atoms with Crippen LogP contribution in [0, 0.1) is 11.8 Å². The van der Waals surface area contributed by atoms with Crippen molar-refractivity contribution < 1.29 is 9.32 Å². The van der Waals surface area contributed by atoms with E-state index in [1.54, 1.807) is 0 Å². The van der Waals surface area contributed by atoms with Gasteiger partial charge in [0, 0.05) is 36.9 Å². The van der Waals surface area contributed by atoms with Gasteiger partial charge in [-0.15, -0.1) is 0 Å². The lowest BCUT2D eigenvalue weighted by molar-refractivity contribution is 0.245. The van der Waals surface area contributed by atoms with Crippen LogP contribution < -0.4 is 10.6 Å². The third-order valence-corrected chi connectivity index (χ3v) is 5.15. The number of aliphatic hydroxyl groups excluding tert-OH is 1. The molecule has 0 saturated heterocycles. The molecule has 1 rings (SSSR count). The van der Waals surface area contributed by atoms with E-state index in [1.165, 1.54) is 0 Å². The largest absolute Gasteiger partial charge is 0.396 e. The normalized spacial score (nSPS) is 14.4. The number of guanidine groups is 1. The Bertz CT molecular complexity index is 521. The number of nitrogens with one attached hydrogen (secondary N) is 2. The van der Waals surface area contributed by atoms with Crippen molar-refractivity contribution in [2.24, 2.45) is 16.8 Å². The van der Waals surface area contributed by atoms with Crippen LogP contribution in [0.2, 0.25) is 0 Å². The van der Waals surface area contributed by atoms with E-state index in [1.807, 2.05) is 37.3 Å². The van der Waals surface area contributed by atoms with Crippen LogP contribution in [0.1, 0.15) is 33.6 Å². The van der Waals surface area contributed by atoms with Crippen LogP contribution in [0.15, 0.2) is 40.2 Å². The Kier molecular flexibility index (Phi) is 11.2. The number of hydrogen-bond acceptors (Lipinski definition) is 3. The van der Waals surface area contributed by atoms with Crippen molar-refractivity contribution in [3.63, 3.8) is 0 Å². The Morgan fingerprint density at radius 2 is 1.96 bits per heavy atom. The van der Waals surface area contributed by atoms with E-state index in [-0.39, 0.29) is 6.61 Å². The first-order valence-corrected chi connectivity index (χ1v) is 10.4. The zero-order valence-electron chi connectivity index (χ0n) is 15.7. The van der Waals surface area contributed by atoms with E-state index < -0.39 is 10.8 Å². The fourth-order valence-electron chi connectivity index (χ4n) is 2.65. The topological polar surface area (TPSA) is 73.7 Å². The lowest BCUT2D eigenvalue weighted by Gasteiger charge is -2.17. The van der Waals surface area contributed by atoms with Gasteiger partial charge in [0.05, 0.1) is 10.8 Å². The maximum absolute atomic E-state index is 12.2. The van der Waals surface area contributed by atoms with E-state index in [4.69, 9.17) is 0 Å². The molecule has 25 heavy (non-hydrogen) atoms. The SMILES string of the molecule is CCNC(=NCC(CCO)CC(C)C)NCCS(=O)c1ccccc1. The van der Waals surface area contributed by atoms with Crippen LogP contribution in [0.25, 0.3) is 0 Å². The smallest absolute Gasteiger partial charge is 0.191 e. The third kappa shape index (κ3) is 9.60. The maximum Gasteiger partial charge on any atom is 0.191 e. The van der Waals surface area contributed by atoms with Crippen LogP contribution in [-0.4, -0.2) is 47.3 Å². The molecule has 2 unspecified atom stereocenters. The quantitative estimate of drug-likeness (QED) is 0.415. The van der Waals surface area contributed by atoms with Crippen LogP contribution in [0.4, 0.5) is 0 Å². The number of nitrogens with zero attached hydrogens (tertiary/aromatic N) is 1. The van der Waals surface area contributed by atoms with E-state index in [0.29, 0.717) is 30.7 Å². The summed E-state index contributed by atoms with van der Waals surface area (Å²) in [6.45, 7) is 8.68. The lowest BCUT2D eigenvalue weighted by Crippen LogP contribution is -2.39. The summed E-state index contributed by atoms with van der Waals surface area (Å²) in [6.07, 6.45) is 1.83. The summed E-state index contributed by atoms with van der Waals surface area (Å²) in [5.74, 6) is 2.27. The summed E-state index contributed by atoms with van der Waals surface area (Å²) >= 11 is 0. The summed E-state index contributed by atoms with van der Waals surface area (Å²) in [4.78, 5) is 5.49. The Morgan fingerprint density at radius 1 is 1.24 bits per heavy atom. The van der Waals surface area contributed by atoms with Crippen LogP contribution in [0.5, 0.6) is 0 Å². The monoisotopic (exact) mass is 367 g/mol. The molecule has 142 valence electrons. The van der Waals surface area contributed by atoms with Crippen LogP contribution in [0.3, 0.4) is 0 Å². The second-order valence-electron chi connectivity index (χ2n) is 6.52. The molecule has 0 aliphatic carbocycles. The number of aliphatic hydroxyl groups is 1. The average Bonchev–Trinajstić information content (AvgIpc) is 2.59. The van der Waals surface area contributed by atoms with Crippen molar-refractivity contribution in [1.82, 2.24) is 10.6 Å². The van der Waals surface area contributed by atoms with E-state index >= 15 is 0 Å². The highest BCUT2D eigenvalue weighted by atomic mass is 32.2. The van der Waals surface area contributed by atoms with Gasteiger partial charge in [-0.2, -0.15) is 0 Å². The average molecular weight is 368 g/mol. The zero-order chi connectivity index (χ0) is 18.5. The molecule has 0 bridgehead atoms. The molecule has 0 aliphatic rings. The van der Waals surface area contributed by atoms with E-state index in [9.17, 15) is 9.32 Å². The molecular formula is C19H33N3O2S. The van der Waals surface area contributed by atoms with Gasteiger partial charge in [-0.25, -0.2) is 0 Å². The van der Waals surface area contributed by atoms with Crippen LogP contribution >= 0.6 is 0 Å².